The highest BCUT2D eigenvalue weighted by atomic mass is 32.2. The van der Waals surface area contributed by atoms with Crippen molar-refractivity contribution in [1.29, 1.82) is 5.26 Å². The fourth-order valence-corrected chi connectivity index (χ4v) is 4.44. The predicted octanol–water partition coefficient (Wildman–Crippen LogP) is 4.83. The summed E-state index contributed by atoms with van der Waals surface area (Å²) in [7, 11) is 0. The number of anilines is 1. The molecule has 5 heteroatoms. The maximum atomic E-state index is 10.8. The molecule has 0 radical (unpaired) electrons. The summed E-state index contributed by atoms with van der Waals surface area (Å²) in [5.41, 5.74) is 14.8. The van der Waals surface area contributed by atoms with Gasteiger partial charge in [-0.1, -0.05) is 61.4 Å². The smallest absolute Gasteiger partial charge is 0.103 e. The number of nitrogens with zero attached hydrogens (tertiary/aromatic N) is 1. The molecule has 0 bridgehead atoms. The van der Waals surface area contributed by atoms with Crippen molar-refractivity contribution in [2.75, 3.05) is 5.73 Å². The molecule has 2 aromatic rings. The van der Waals surface area contributed by atoms with Crippen LogP contribution in [0.15, 0.2) is 58.5 Å². The molecule has 1 fully saturated rings. The second kappa shape index (κ2) is 8.98. The number of benzene rings is 2. The van der Waals surface area contributed by atoms with Crippen LogP contribution in [0.1, 0.15) is 49.3 Å². The molecule has 4 nitrogen and oxygen atoms in total. The highest BCUT2D eigenvalue weighted by molar-refractivity contribution is 8.03. The van der Waals surface area contributed by atoms with Crippen molar-refractivity contribution in [3.8, 4) is 6.07 Å². The third kappa shape index (κ3) is 4.65. The highest BCUT2D eigenvalue weighted by Gasteiger charge is 2.23. The Kier molecular flexibility index (Phi) is 6.44. The van der Waals surface area contributed by atoms with E-state index in [1.165, 1.54) is 31.0 Å². The van der Waals surface area contributed by atoms with E-state index in [1.807, 2.05) is 48.5 Å². The lowest BCUT2D eigenvalue weighted by Gasteiger charge is -2.27. The van der Waals surface area contributed by atoms with Gasteiger partial charge in [-0.15, -0.1) is 0 Å². The molecule has 1 atom stereocenters. The fraction of sp³-hybridized carbons (Fsp3) is 0.318. The van der Waals surface area contributed by atoms with Crippen LogP contribution in [0.5, 0.6) is 0 Å². The van der Waals surface area contributed by atoms with Crippen LogP contribution in [0.2, 0.25) is 0 Å². The number of thioether (sulfide) groups is 1. The van der Waals surface area contributed by atoms with E-state index in [0.717, 1.165) is 28.9 Å². The average Bonchev–Trinajstić information content (AvgIpc) is 2.70. The molecule has 0 spiro atoms. The number of para-hydroxylation sites is 1. The van der Waals surface area contributed by atoms with Gasteiger partial charge in [-0.3, -0.25) is 0 Å². The zero-order valence-corrected chi connectivity index (χ0v) is 16.1. The monoisotopic (exact) mass is 379 g/mol. The van der Waals surface area contributed by atoms with E-state index in [9.17, 15) is 10.4 Å². The third-order valence-corrected chi connectivity index (χ3v) is 6.13. The highest BCUT2D eigenvalue weighted by Crippen LogP contribution is 2.36. The molecule has 2 aromatic carbocycles. The lowest BCUT2D eigenvalue weighted by atomic mass is 9.82. The molecule has 0 aromatic heterocycles. The second-order valence-corrected chi connectivity index (χ2v) is 8.04. The Hall–Kier alpha value is -2.42. The molecule has 1 aliphatic carbocycles. The molecule has 3 rings (SSSR count). The summed E-state index contributed by atoms with van der Waals surface area (Å²) in [6.45, 7) is 0. The summed E-state index contributed by atoms with van der Waals surface area (Å²) in [6.07, 6.45) is 5.21. The summed E-state index contributed by atoms with van der Waals surface area (Å²) < 4.78 is 0. The van der Waals surface area contributed by atoms with E-state index in [4.69, 9.17) is 11.5 Å². The number of nitrogen functional groups attached to an aromatic ring is 1. The SMILES string of the molecule is N#C/C(=C(/N)Sc1ccccc1N)c1cccc(C(O)C2CCCCC2)c1. The van der Waals surface area contributed by atoms with Gasteiger partial charge in [0.2, 0.25) is 0 Å². The van der Waals surface area contributed by atoms with Crippen LogP contribution in [-0.4, -0.2) is 5.11 Å². The molecule has 5 N–H and O–H groups in total. The quantitative estimate of drug-likeness (QED) is 0.393. The Morgan fingerprint density at radius 2 is 1.85 bits per heavy atom. The van der Waals surface area contributed by atoms with Crippen LogP contribution in [0.3, 0.4) is 0 Å². The molecule has 1 aliphatic rings. The van der Waals surface area contributed by atoms with Crippen LogP contribution in [-0.2, 0) is 0 Å². The number of aliphatic hydroxyl groups is 1. The minimum absolute atomic E-state index is 0.291. The fourth-order valence-electron chi connectivity index (χ4n) is 3.61. The van der Waals surface area contributed by atoms with Crippen molar-refractivity contribution >= 4 is 23.0 Å². The van der Waals surface area contributed by atoms with Crippen LogP contribution in [0, 0.1) is 17.2 Å². The summed E-state index contributed by atoms with van der Waals surface area (Å²) in [4.78, 5) is 0.821. The molecule has 1 unspecified atom stereocenters. The van der Waals surface area contributed by atoms with Crippen molar-refractivity contribution in [3.05, 3.63) is 64.7 Å². The molecule has 0 heterocycles. The third-order valence-electron chi connectivity index (χ3n) is 5.11. The predicted molar refractivity (Wildman–Crippen MR) is 111 cm³/mol. The number of aliphatic hydroxyl groups excluding tert-OH is 1. The largest absolute Gasteiger partial charge is 0.398 e. The minimum atomic E-state index is -0.496. The number of rotatable bonds is 5. The Bertz CT molecular complexity index is 866. The first-order chi connectivity index (χ1) is 13.1. The van der Waals surface area contributed by atoms with Gasteiger partial charge in [0.1, 0.15) is 6.07 Å². The van der Waals surface area contributed by atoms with Crippen molar-refractivity contribution in [3.63, 3.8) is 0 Å². The first-order valence-corrected chi connectivity index (χ1v) is 10.1. The van der Waals surface area contributed by atoms with E-state index < -0.39 is 6.10 Å². The number of allylic oxidation sites excluding steroid dienone is 1. The maximum absolute atomic E-state index is 10.8. The van der Waals surface area contributed by atoms with E-state index in [0.29, 0.717) is 22.2 Å². The number of nitriles is 1. The molecule has 140 valence electrons. The van der Waals surface area contributed by atoms with Crippen LogP contribution in [0.25, 0.3) is 5.57 Å². The zero-order chi connectivity index (χ0) is 19.2. The second-order valence-electron chi connectivity index (χ2n) is 6.96. The average molecular weight is 380 g/mol. The number of hydrogen-bond acceptors (Lipinski definition) is 5. The normalized spacial score (nSPS) is 17.0. The van der Waals surface area contributed by atoms with Gasteiger partial charge in [0.15, 0.2) is 0 Å². The molecule has 0 amide bonds. The Morgan fingerprint density at radius 1 is 1.11 bits per heavy atom. The first-order valence-electron chi connectivity index (χ1n) is 9.30. The number of hydrogen-bond donors (Lipinski definition) is 3. The molecular weight excluding hydrogens is 354 g/mol. The van der Waals surface area contributed by atoms with Gasteiger partial charge in [0.25, 0.3) is 0 Å². The zero-order valence-electron chi connectivity index (χ0n) is 15.3. The Balaban J connectivity index is 1.87. The Morgan fingerprint density at radius 3 is 2.56 bits per heavy atom. The summed E-state index contributed by atoms with van der Waals surface area (Å²) in [5.74, 6) is 0.291. The molecule has 1 saturated carbocycles. The van der Waals surface area contributed by atoms with E-state index in [2.05, 4.69) is 6.07 Å². The van der Waals surface area contributed by atoms with Gasteiger partial charge >= 0.3 is 0 Å². The molecule has 0 saturated heterocycles. The molecule has 27 heavy (non-hydrogen) atoms. The van der Waals surface area contributed by atoms with E-state index >= 15 is 0 Å². The van der Waals surface area contributed by atoms with Crippen LogP contribution >= 0.6 is 11.8 Å². The maximum Gasteiger partial charge on any atom is 0.103 e. The van der Waals surface area contributed by atoms with Gasteiger partial charge in [-0.05, 0) is 48.1 Å². The lowest BCUT2D eigenvalue weighted by Crippen LogP contribution is -2.16. The van der Waals surface area contributed by atoms with Crippen LogP contribution < -0.4 is 11.5 Å². The van der Waals surface area contributed by atoms with E-state index in [1.54, 1.807) is 0 Å². The van der Waals surface area contributed by atoms with Crippen molar-refractivity contribution in [2.45, 2.75) is 43.1 Å². The summed E-state index contributed by atoms with van der Waals surface area (Å²) in [5, 5.41) is 20.9. The van der Waals surface area contributed by atoms with Crippen molar-refractivity contribution in [1.82, 2.24) is 0 Å². The van der Waals surface area contributed by atoms with Gasteiger partial charge < -0.3 is 16.6 Å². The number of nitrogens with two attached hydrogens (primary N) is 2. The van der Waals surface area contributed by atoms with E-state index in [-0.39, 0.29) is 0 Å². The van der Waals surface area contributed by atoms with Gasteiger partial charge in [0.05, 0.1) is 16.7 Å². The molecular formula is C22H25N3OS. The van der Waals surface area contributed by atoms with Crippen molar-refractivity contribution in [2.24, 2.45) is 11.7 Å². The van der Waals surface area contributed by atoms with Crippen LogP contribution in [0.4, 0.5) is 5.69 Å². The molecule has 0 aliphatic heterocycles. The summed E-state index contributed by atoms with van der Waals surface area (Å²) >= 11 is 1.29. The first kappa shape index (κ1) is 19.3. The summed E-state index contributed by atoms with van der Waals surface area (Å²) in [6, 6.07) is 17.2. The minimum Gasteiger partial charge on any atom is -0.398 e. The topological polar surface area (TPSA) is 96.1 Å². The van der Waals surface area contributed by atoms with Gasteiger partial charge in [-0.2, -0.15) is 5.26 Å². The van der Waals surface area contributed by atoms with Crippen molar-refractivity contribution < 1.29 is 5.11 Å². The van der Waals surface area contributed by atoms with Gasteiger partial charge in [0, 0.05) is 10.6 Å². The Labute approximate surface area is 164 Å². The van der Waals surface area contributed by atoms with Gasteiger partial charge in [-0.25, -0.2) is 0 Å². The standard InChI is InChI=1S/C22H25N3OS/c23-14-18(22(25)27-20-12-5-4-11-19(20)24)16-9-6-10-17(13-16)21(26)15-7-2-1-3-8-15/h4-6,9-13,15,21,26H,1-3,7-8,24-25H2/b22-18+. The lowest BCUT2D eigenvalue weighted by molar-refractivity contribution is 0.0848.